The lowest BCUT2D eigenvalue weighted by atomic mass is 10.1. The monoisotopic (exact) mass is 375 g/mol. The van der Waals surface area contributed by atoms with Gasteiger partial charge in [-0.2, -0.15) is 0 Å². The molecule has 0 amide bonds. The number of nitro benzene ring substituents is 1. The van der Waals surface area contributed by atoms with Crippen LogP contribution >= 0.6 is 11.6 Å². The Morgan fingerprint density at radius 2 is 1.81 bits per heavy atom. The number of hydrogen-bond donors (Lipinski definition) is 0. The zero-order chi connectivity index (χ0) is 19.1. The van der Waals surface area contributed by atoms with Crippen LogP contribution in [0.5, 0.6) is 11.5 Å². The molecule has 0 fully saturated rings. The molecule has 2 aromatic carbocycles. The average molecular weight is 376 g/mol. The molecule has 138 valence electrons. The molecule has 0 aromatic heterocycles. The molecule has 0 bridgehead atoms. The van der Waals surface area contributed by atoms with Gasteiger partial charge in [0.15, 0.2) is 0 Å². The SMILES string of the molecule is CCN=C(c1ccc(Oc2ccc([N+](=O)[O-])cc2Cl)cc1)N(CC)CC. The third kappa shape index (κ3) is 4.73. The van der Waals surface area contributed by atoms with Crippen molar-refractivity contribution >= 4 is 23.1 Å². The highest BCUT2D eigenvalue weighted by Gasteiger charge is 2.13. The van der Waals surface area contributed by atoms with Gasteiger partial charge < -0.3 is 9.64 Å². The summed E-state index contributed by atoms with van der Waals surface area (Å²) in [5, 5.41) is 11.0. The lowest BCUT2D eigenvalue weighted by molar-refractivity contribution is -0.384. The minimum Gasteiger partial charge on any atom is -0.456 e. The van der Waals surface area contributed by atoms with Crippen LogP contribution < -0.4 is 4.74 Å². The lowest BCUT2D eigenvalue weighted by Crippen LogP contribution is -2.31. The summed E-state index contributed by atoms with van der Waals surface area (Å²) in [6.45, 7) is 8.68. The third-order valence-electron chi connectivity index (χ3n) is 3.84. The normalized spacial score (nSPS) is 11.3. The Balaban J connectivity index is 2.21. The first-order valence-corrected chi connectivity index (χ1v) is 8.89. The molecule has 0 aliphatic rings. The maximum Gasteiger partial charge on any atom is 0.271 e. The van der Waals surface area contributed by atoms with E-state index in [0.29, 0.717) is 18.0 Å². The van der Waals surface area contributed by atoms with Crippen molar-refractivity contribution in [2.45, 2.75) is 20.8 Å². The molecule has 0 N–H and O–H groups in total. The number of amidine groups is 1. The van der Waals surface area contributed by atoms with E-state index in [1.54, 1.807) is 0 Å². The highest BCUT2D eigenvalue weighted by molar-refractivity contribution is 6.32. The van der Waals surface area contributed by atoms with Crippen LogP contribution in [0.15, 0.2) is 47.5 Å². The maximum absolute atomic E-state index is 10.8. The third-order valence-corrected chi connectivity index (χ3v) is 4.13. The van der Waals surface area contributed by atoms with E-state index in [9.17, 15) is 10.1 Å². The number of non-ortho nitro benzene ring substituents is 1. The predicted octanol–water partition coefficient (Wildman–Crippen LogP) is 5.15. The van der Waals surface area contributed by atoms with Crippen molar-refractivity contribution in [3.63, 3.8) is 0 Å². The van der Waals surface area contributed by atoms with Crippen LogP contribution in [0.2, 0.25) is 5.02 Å². The van der Waals surface area contributed by atoms with Gasteiger partial charge in [-0.1, -0.05) is 11.6 Å². The summed E-state index contributed by atoms with van der Waals surface area (Å²) in [5.74, 6) is 1.92. The van der Waals surface area contributed by atoms with Gasteiger partial charge in [0.2, 0.25) is 0 Å². The standard InChI is InChI=1S/C19H22ClN3O3/c1-4-21-19(22(5-2)6-3)14-7-10-16(11-8-14)26-18-12-9-15(23(24)25)13-17(18)20/h7-13H,4-6H2,1-3H3. The van der Waals surface area contributed by atoms with E-state index in [1.165, 1.54) is 18.2 Å². The molecule has 0 radical (unpaired) electrons. The molecule has 7 heteroatoms. The van der Waals surface area contributed by atoms with Gasteiger partial charge in [-0.05, 0) is 51.1 Å². The Morgan fingerprint density at radius 3 is 2.31 bits per heavy atom. The van der Waals surface area contributed by atoms with Crippen molar-refractivity contribution < 1.29 is 9.66 Å². The van der Waals surface area contributed by atoms with E-state index >= 15 is 0 Å². The van der Waals surface area contributed by atoms with Gasteiger partial charge in [-0.3, -0.25) is 15.1 Å². The highest BCUT2D eigenvalue weighted by Crippen LogP contribution is 2.32. The zero-order valence-corrected chi connectivity index (χ0v) is 15.9. The van der Waals surface area contributed by atoms with Crippen molar-refractivity contribution in [1.29, 1.82) is 0 Å². The number of hydrogen-bond acceptors (Lipinski definition) is 4. The molecule has 0 spiro atoms. The molecule has 0 atom stereocenters. The van der Waals surface area contributed by atoms with Crippen molar-refractivity contribution in [3.05, 3.63) is 63.2 Å². The number of halogens is 1. The van der Waals surface area contributed by atoms with Crippen LogP contribution in [0.25, 0.3) is 0 Å². The molecular formula is C19H22ClN3O3. The first kappa shape index (κ1) is 19.7. The lowest BCUT2D eigenvalue weighted by Gasteiger charge is -2.23. The van der Waals surface area contributed by atoms with Gasteiger partial charge in [0, 0.05) is 37.3 Å². The number of benzene rings is 2. The summed E-state index contributed by atoms with van der Waals surface area (Å²) in [6, 6.07) is 11.7. The summed E-state index contributed by atoms with van der Waals surface area (Å²) in [6.07, 6.45) is 0. The molecule has 2 aromatic rings. The van der Waals surface area contributed by atoms with Crippen molar-refractivity contribution in [1.82, 2.24) is 4.90 Å². The molecule has 0 aliphatic carbocycles. The second-order valence-electron chi connectivity index (χ2n) is 5.47. The van der Waals surface area contributed by atoms with Crippen LogP contribution in [0.1, 0.15) is 26.3 Å². The molecule has 6 nitrogen and oxygen atoms in total. The second-order valence-corrected chi connectivity index (χ2v) is 5.88. The van der Waals surface area contributed by atoms with Gasteiger partial charge >= 0.3 is 0 Å². The number of ether oxygens (including phenoxy) is 1. The first-order chi connectivity index (χ1) is 12.5. The second kappa shape index (κ2) is 9.20. The Hall–Kier alpha value is -2.60. The van der Waals surface area contributed by atoms with Gasteiger partial charge in [-0.25, -0.2) is 0 Å². The minimum absolute atomic E-state index is 0.0719. The largest absolute Gasteiger partial charge is 0.456 e. The number of nitrogens with zero attached hydrogens (tertiary/aromatic N) is 3. The Bertz CT molecular complexity index is 787. The highest BCUT2D eigenvalue weighted by atomic mass is 35.5. The zero-order valence-electron chi connectivity index (χ0n) is 15.1. The van der Waals surface area contributed by atoms with E-state index in [0.717, 1.165) is 24.5 Å². The summed E-state index contributed by atoms with van der Waals surface area (Å²) in [7, 11) is 0. The number of aliphatic imine (C=N–C) groups is 1. The van der Waals surface area contributed by atoms with Crippen molar-refractivity contribution in [2.24, 2.45) is 4.99 Å². The van der Waals surface area contributed by atoms with Crippen LogP contribution in [0, 0.1) is 10.1 Å². The Labute approximate surface area is 158 Å². The molecule has 0 aliphatic heterocycles. The van der Waals surface area contributed by atoms with Gasteiger partial charge in [0.25, 0.3) is 5.69 Å². The first-order valence-electron chi connectivity index (χ1n) is 8.51. The molecule has 2 rings (SSSR count). The average Bonchev–Trinajstić information content (AvgIpc) is 2.64. The summed E-state index contributed by atoms with van der Waals surface area (Å²) in [4.78, 5) is 17.1. The fourth-order valence-corrected chi connectivity index (χ4v) is 2.75. The fraction of sp³-hybridized carbons (Fsp3) is 0.316. The molecule has 26 heavy (non-hydrogen) atoms. The van der Waals surface area contributed by atoms with E-state index in [2.05, 4.69) is 23.7 Å². The molecule has 0 saturated heterocycles. The van der Waals surface area contributed by atoms with E-state index in [4.69, 9.17) is 16.3 Å². The smallest absolute Gasteiger partial charge is 0.271 e. The fourth-order valence-electron chi connectivity index (χ4n) is 2.53. The maximum atomic E-state index is 10.8. The molecule has 0 saturated carbocycles. The van der Waals surface area contributed by atoms with Crippen LogP contribution in [-0.4, -0.2) is 35.3 Å². The number of nitro groups is 1. The number of rotatable bonds is 7. The van der Waals surface area contributed by atoms with E-state index in [1.807, 2.05) is 31.2 Å². The van der Waals surface area contributed by atoms with Crippen molar-refractivity contribution in [3.8, 4) is 11.5 Å². The quantitative estimate of drug-likeness (QED) is 0.290. The van der Waals surface area contributed by atoms with Crippen LogP contribution in [-0.2, 0) is 0 Å². The summed E-state index contributed by atoms with van der Waals surface area (Å²) >= 11 is 6.07. The molecule has 0 unspecified atom stereocenters. The molecular weight excluding hydrogens is 354 g/mol. The van der Waals surface area contributed by atoms with Gasteiger partial charge in [0.05, 0.1) is 9.95 Å². The van der Waals surface area contributed by atoms with Crippen LogP contribution in [0.4, 0.5) is 5.69 Å². The van der Waals surface area contributed by atoms with Gasteiger partial charge in [0.1, 0.15) is 17.3 Å². The minimum atomic E-state index is -0.494. The summed E-state index contributed by atoms with van der Waals surface area (Å²) in [5.41, 5.74) is 0.940. The van der Waals surface area contributed by atoms with Crippen LogP contribution in [0.3, 0.4) is 0 Å². The van der Waals surface area contributed by atoms with E-state index in [-0.39, 0.29) is 10.7 Å². The predicted molar refractivity (Wildman–Crippen MR) is 105 cm³/mol. The van der Waals surface area contributed by atoms with Crippen molar-refractivity contribution in [2.75, 3.05) is 19.6 Å². The summed E-state index contributed by atoms with van der Waals surface area (Å²) < 4.78 is 5.74. The Morgan fingerprint density at radius 1 is 1.15 bits per heavy atom. The molecule has 0 heterocycles. The topological polar surface area (TPSA) is 68.0 Å². The Kier molecular flexibility index (Phi) is 6.97. The van der Waals surface area contributed by atoms with E-state index < -0.39 is 4.92 Å². The van der Waals surface area contributed by atoms with Gasteiger partial charge in [-0.15, -0.1) is 0 Å².